The van der Waals surface area contributed by atoms with Gasteiger partial charge in [-0.2, -0.15) is 26.3 Å². The molecule has 0 aromatic heterocycles. The summed E-state index contributed by atoms with van der Waals surface area (Å²) in [6.07, 6.45) is -7.75. The highest BCUT2D eigenvalue weighted by atomic mass is 19.4. The Bertz CT molecular complexity index is 1600. The highest BCUT2D eigenvalue weighted by Crippen LogP contribution is 2.37. The van der Waals surface area contributed by atoms with Gasteiger partial charge in [-0.1, -0.05) is 30.3 Å². The lowest BCUT2D eigenvalue weighted by Gasteiger charge is -2.51. The van der Waals surface area contributed by atoms with E-state index in [1.54, 1.807) is 25.7 Å². The summed E-state index contributed by atoms with van der Waals surface area (Å²) in [7, 11) is 0. The van der Waals surface area contributed by atoms with E-state index in [-0.39, 0.29) is 30.6 Å². The van der Waals surface area contributed by atoms with Crippen molar-refractivity contribution in [2.75, 3.05) is 52.4 Å². The summed E-state index contributed by atoms with van der Waals surface area (Å²) in [4.78, 5) is 49.4. The number of likely N-dealkylation sites (tertiary alicyclic amines) is 3. The topological polar surface area (TPSA) is 76.6 Å². The zero-order valence-corrected chi connectivity index (χ0v) is 30.3. The zero-order valence-electron chi connectivity index (χ0n) is 30.3. The van der Waals surface area contributed by atoms with Crippen LogP contribution in [-0.2, 0) is 28.3 Å². The van der Waals surface area contributed by atoms with Crippen LogP contribution in [0.2, 0.25) is 0 Å². The lowest BCUT2D eigenvalue weighted by molar-refractivity contribution is -0.144. The molecule has 1 unspecified atom stereocenters. The van der Waals surface area contributed by atoms with Crippen LogP contribution in [0.1, 0.15) is 73.5 Å². The molecule has 3 amide bonds. The molecular formula is C38H47F6N5O4. The van der Waals surface area contributed by atoms with E-state index < -0.39 is 58.7 Å². The SMILES string of the molecule is CC(C)(C)OC(=O)N1CCCC1C(=O)N1CC(N2CCN([C@H]3CCN(C(=O)c4cc(C(F)(F)F)cc(C(F)(F)F)c4)[C@H](Cc4ccccc4)C3)CC2)C1. The van der Waals surface area contributed by atoms with Crippen molar-refractivity contribution < 1.29 is 45.5 Å². The lowest BCUT2D eigenvalue weighted by Crippen LogP contribution is -2.67. The molecule has 0 aliphatic carbocycles. The highest BCUT2D eigenvalue weighted by Gasteiger charge is 2.45. The fourth-order valence-corrected chi connectivity index (χ4v) is 8.06. The van der Waals surface area contributed by atoms with E-state index in [4.69, 9.17) is 4.74 Å². The monoisotopic (exact) mass is 751 g/mol. The minimum absolute atomic E-state index is 0.0406. The van der Waals surface area contributed by atoms with Crippen LogP contribution >= 0.6 is 0 Å². The molecule has 6 rings (SSSR count). The first-order valence-corrected chi connectivity index (χ1v) is 18.3. The number of ether oxygens (including phenoxy) is 1. The second-order valence-corrected chi connectivity index (χ2v) is 15.6. The predicted octanol–water partition coefficient (Wildman–Crippen LogP) is 6.17. The molecule has 3 atom stereocenters. The molecule has 0 spiro atoms. The van der Waals surface area contributed by atoms with Gasteiger partial charge < -0.3 is 14.5 Å². The number of rotatable bonds is 6. The first-order valence-electron chi connectivity index (χ1n) is 18.3. The zero-order chi connectivity index (χ0) is 38.3. The van der Waals surface area contributed by atoms with Crippen molar-refractivity contribution in [1.82, 2.24) is 24.5 Å². The molecule has 2 aromatic rings. The van der Waals surface area contributed by atoms with Crippen LogP contribution in [0, 0.1) is 0 Å². The van der Waals surface area contributed by atoms with Crippen molar-refractivity contribution in [2.24, 2.45) is 0 Å². The van der Waals surface area contributed by atoms with Gasteiger partial charge in [0.15, 0.2) is 0 Å². The van der Waals surface area contributed by atoms with Gasteiger partial charge in [0.2, 0.25) is 5.91 Å². The molecule has 4 heterocycles. The Morgan fingerprint density at radius 1 is 0.736 bits per heavy atom. The third-order valence-corrected chi connectivity index (χ3v) is 10.8. The summed E-state index contributed by atoms with van der Waals surface area (Å²) in [5.74, 6) is -0.893. The van der Waals surface area contributed by atoms with Gasteiger partial charge in [-0.25, -0.2) is 4.79 Å². The summed E-state index contributed by atoms with van der Waals surface area (Å²) in [6.45, 7) is 10.3. The van der Waals surface area contributed by atoms with Crippen molar-refractivity contribution in [3.05, 3.63) is 70.8 Å². The molecule has 4 aliphatic heterocycles. The Balaban J connectivity index is 1.07. The predicted molar refractivity (Wildman–Crippen MR) is 184 cm³/mol. The molecule has 4 aliphatic rings. The maximum Gasteiger partial charge on any atom is 0.416 e. The molecule has 0 saturated carbocycles. The van der Waals surface area contributed by atoms with Crippen LogP contribution in [0.25, 0.3) is 0 Å². The molecular weight excluding hydrogens is 704 g/mol. The van der Waals surface area contributed by atoms with Gasteiger partial charge in [0.1, 0.15) is 11.6 Å². The summed E-state index contributed by atoms with van der Waals surface area (Å²) >= 11 is 0. The van der Waals surface area contributed by atoms with Crippen molar-refractivity contribution in [2.45, 2.75) is 95.0 Å². The minimum atomic E-state index is -5.05. The van der Waals surface area contributed by atoms with Crippen molar-refractivity contribution in [3.8, 4) is 0 Å². The normalized spacial score (nSPS) is 23.9. The molecule has 15 heteroatoms. The highest BCUT2D eigenvalue weighted by molar-refractivity contribution is 5.95. The first-order chi connectivity index (χ1) is 24.9. The van der Waals surface area contributed by atoms with Gasteiger partial charge in [0.25, 0.3) is 5.91 Å². The van der Waals surface area contributed by atoms with Crippen LogP contribution < -0.4 is 0 Å². The maximum atomic E-state index is 13.8. The largest absolute Gasteiger partial charge is 0.444 e. The van der Waals surface area contributed by atoms with Crippen LogP contribution in [-0.4, -0.2) is 125 Å². The Hall–Kier alpha value is -3.85. The van der Waals surface area contributed by atoms with Gasteiger partial charge in [-0.15, -0.1) is 0 Å². The van der Waals surface area contributed by atoms with E-state index in [1.807, 2.05) is 35.2 Å². The number of piperazine rings is 1. The first kappa shape index (κ1) is 38.9. The molecule has 53 heavy (non-hydrogen) atoms. The number of carbonyl (C=O) groups is 3. The van der Waals surface area contributed by atoms with E-state index in [2.05, 4.69) is 9.80 Å². The maximum absolute atomic E-state index is 13.8. The van der Waals surface area contributed by atoms with Gasteiger partial charge in [0, 0.05) is 76.0 Å². The summed E-state index contributed by atoms with van der Waals surface area (Å²) in [5, 5.41) is 0. The molecule has 4 saturated heterocycles. The molecule has 290 valence electrons. The Morgan fingerprint density at radius 3 is 1.89 bits per heavy atom. The molecule has 0 radical (unpaired) electrons. The van der Waals surface area contributed by atoms with Gasteiger partial charge in [0.05, 0.1) is 11.1 Å². The molecule has 0 N–H and O–H groups in total. The number of piperidine rings is 1. The number of halogens is 6. The third-order valence-electron chi connectivity index (χ3n) is 10.8. The molecule has 9 nitrogen and oxygen atoms in total. The number of alkyl halides is 6. The Labute approximate surface area is 305 Å². The molecule has 2 aromatic carbocycles. The van der Waals surface area contributed by atoms with Crippen LogP contribution in [0.5, 0.6) is 0 Å². The average Bonchev–Trinajstić information content (AvgIpc) is 3.57. The fourth-order valence-electron chi connectivity index (χ4n) is 8.06. The second-order valence-electron chi connectivity index (χ2n) is 15.6. The Kier molecular flexibility index (Phi) is 11.1. The number of hydrogen-bond acceptors (Lipinski definition) is 6. The number of benzene rings is 2. The van der Waals surface area contributed by atoms with Crippen LogP contribution in [0.4, 0.5) is 31.1 Å². The average molecular weight is 752 g/mol. The summed E-state index contributed by atoms with van der Waals surface area (Å²) < 4.78 is 87.3. The van der Waals surface area contributed by atoms with Crippen LogP contribution in [0.3, 0.4) is 0 Å². The van der Waals surface area contributed by atoms with Crippen LogP contribution in [0.15, 0.2) is 48.5 Å². The smallest absolute Gasteiger partial charge is 0.416 e. The quantitative estimate of drug-likeness (QED) is 0.329. The lowest BCUT2D eigenvalue weighted by atomic mass is 9.90. The van der Waals surface area contributed by atoms with Gasteiger partial charge in [-0.3, -0.25) is 24.3 Å². The number of nitrogens with zero attached hydrogens (tertiary/aromatic N) is 5. The van der Waals surface area contributed by atoms with E-state index in [0.29, 0.717) is 57.5 Å². The van der Waals surface area contributed by atoms with Crippen molar-refractivity contribution in [1.29, 1.82) is 0 Å². The number of hydrogen-bond donors (Lipinski definition) is 0. The van der Waals surface area contributed by atoms with E-state index in [1.165, 1.54) is 4.90 Å². The van der Waals surface area contributed by atoms with E-state index in [9.17, 15) is 40.7 Å². The summed E-state index contributed by atoms with van der Waals surface area (Å²) in [6, 6.07) is 9.74. The van der Waals surface area contributed by atoms with Gasteiger partial charge >= 0.3 is 18.4 Å². The third kappa shape index (κ3) is 9.10. The second kappa shape index (κ2) is 15.1. The van der Waals surface area contributed by atoms with Crippen molar-refractivity contribution >= 4 is 17.9 Å². The number of carbonyl (C=O) groups excluding carboxylic acids is 3. The number of amides is 3. The van der Waals surface area contributed by atoms with E-state index in [0.717, 1.165) is 38.2 Å². The summed E-state index contributed by atoms with van der Waals surface area (Å²) in [5.41, 5.74) is -3.38. The molecule has 4 fully saturated rings. The van der Waals surface area contributed by atoms with Crippen molar-refractivity contribution in [3.63, 3.8) is 0 Å². The standard InChI is InChI=1S/C38H47F6N5O4/c1-36(2,3)53-35(52)49-12-7-10-32(49)34(51)47-23-31(24-47)46-16-14-45(15-17-46)29-11-13-48(30(22-29)18-25-8-5-4-6-9-25)33(50)26-19-27(37(39,40)41)21-28(20-26)38(42,43)44/h4-6,8-9,19-21,29-32H,7,10-18,22-24H2,1-3H3/t29-,30+,32?/m0/s1. The minimum Gasteiger partial charge on any atom is -0.444 e. The molecule has 0 bridgehead atoms. The fraction of sp³-hybridized carbons (Fsp3) is 0.605. The Morgan fingerprint density at radius 2 is 1.32 bits per heavy atom. The van der Waals surface area contributed by atoms with Gasteiger partial charge in [-0.05, 0) is 76.6 Å². The van der Waals surface area contributed by atoms with E-state index >= 15 is 0 Å².